The lowest BCUT2D eigenvalue weighted by Crippen LogP contribution is -2.33. The number of benzene rings is 1. The summed E-state index contributed by atoms with van der Waals surface area (Å²) >= 11 is 12.2. The number of nitrogens with two attached hydrogens (primary N) is 1. The molecule has 5 heteroatoms. The van der Waals surface area contributed by atoms with E-state index in [2.05, 4.69) is 9.97 Å². The smallest absolute Gasteiger partial charge is 0.126 e. The summed E-state index contributed by atoms with van der Waals surface area (Å²) in [6.07, 6.45) is 2.52. The lowest BCUT2D eigenvalue weighted by atomic mass is 10.00. The Labute approximate surface area is 116 Å². The number of H-pyrrole nitrogens is 1. The SMILES string of the molecule is CCC(C)(N)c1ncc(-c2cccc(Cl)c2Cl)[nH]1. The average molecular weight is 284 g/mol. The highest BCUT2D eigenvalue weighted by Crippen LogP contribution is 2.33. The van der Waals surface area contributed by atoms with Gasteiger partial charge in [0, 0.05) is 5.56 Å². The van der Waals surface area contributed by atoms with Crippen molar-refractivity contribution in [1.29, 1.82) is 0 Å². The molecule has 18 heavy (non-hydrogen) atoms. The van der Waals surface area contributed by atoms with Crippen molar-refractivity contribution >= 4 is 23.2 Å². The Morgan fingerprint density at radius 3 is 2.78 bits per heavy atom. The minimum atomic E-state index is -0.469. The van der Waals surface area contributed by atoms with Gasteiger partial charge in [-0.2, -0.15) is 0 Å². The second-order valence-electron chi connectivity index (χ2n) is 4.52. The van der Waals surface area contributed by atoms with Gasteiger partial charge in [-0.25, -0.2) is 4.98 Å². The predicted molar refractivity (Wildman–Crippen MR) is 75.9 cm³/mol. The van der Waals surface area contributed by atoms with Crippen LogP contribution in [0.3, 0.4) is 0 Å². The molecular weight excluding hydrogens is 269 g/mol. The fourth-order valence-electron chi connectivity index (χ4n) is 1.63. The molecular formula is C13H15Cl2N3. The molecule has 0 bridgehead atoms. The molecule has 0 aliphatic carbocycles. The van der Waals surface area contributed by atoms with E-state index in [9.17, 15) is 0 Å². The molecule has 3 N–H and O–H groups in total. The van der Waals surface area contributed by atoms with Gasteiger partial charge < -0.3 is 10.7 Å². The number of nitrogens with zero attached hydrogens (tertiary/aromatic N) is 1. The molecule has 0 fully saturated rings. The second-order valence-corrected chi connectivity index (χ2v) is 5.30. The minimum Gasteiger partial charge on any atom is -0.340 e. The molecule has 1 atom stereocenters. The van der Waals surface area contributed by atoms with E-state index in [1.807, 2.05) is 26.0 Å². The molecule has 2 aromatic rings. The Morgan fingerprint density at radius 1 is 1.39 bits per heavy atom. The van der Waals surface area contributed by atoms with Crippen LogP contribution in [0.5, 0.6) is 0 Å². The van der Waals surface area contributed by atoms with Crippen LogP contribution in [0.15, 0.2) is 24.4 Å². The van der Waals surface area contributed by atoms with Crippen molar-refractivity contribution in [1.82, 2.24) is 9.97 Å². The lowest BCUT2D eigenvalue weighted by Gasteiger charge is -2.19. The Hall–Kier alpha value is -1.03. The van der Waals surface area contributed by atoms with Gasteiger partial charge in [-0.1, -0.05) is 42.3 Å². The molecule has 0 spiro atoms. The third kappa shape index (κ3) is 2.39. The Balaban J connectivity index is 2.45. The van der Waals surface area contributed by atoms with Crippen molar-refractivity contribution in [2.75, 3.05) is 0 Å². The molecule has 1 heterocycles. The Morgan fingerprint density at radius 2 is 2.11 bits per heavy atom. The Bertz CT molecular complexity index is 561. The van der Waals surface area contributed by atoms with Gasteiger partial charge in [0.1, 0.15) is 5.82 Å². The molecule has 1 unspecified atom stereocenters. The van der Waals surface area contributed by atoms with Gasteiger partial charge in [0.25, 0.3) is 0 Å². The first-order valence-corrected chi connectivity index (χ1v) is 6.50. The quantitative estimate of drug-likeness (QED) is 0.896. The summed E-state index contributed by atoms with van der Waals surface area (Å²) in [6.45, 7) is 3.96. The van der Waals surface area contributed by atoms with Crippen molar-refractivity contribution in [3.8, 4) is 11.3 Å². The van der Waals surface area contributed by atoms with Crippen LogP contribution >= 0.6 is 23.2 Å². The first kappa shape index (κ1) is 13.4. The summed E-state index contributed by atoms with van der Waals surface area (Å²) in [5.41, 5.74) is 7.33. The number of aromatic nitrogens is 2. The highest BCUT2D eigenvalue weighted by Gasteiger charge is 2.22. The number of hydrogen-bond acceptors (Lipinski definition) is 2. The number of imidazole rings is 1. The van der Waals surface area contributed by atoms with Crippen LogP contribution in [-0.4, -0.2) is 9.97 Å². The van der Waals surface area contributed by atoms with E-state index >= 15 is 0 Å². The largest absolute Gasteiger partial charge is 0.340 e. The van der Waals surface area contributed by atoms with Crippen LogP contribution in [0.25, 0.3) is 11.3 Å². The molecule has 1 aromatic heterocycles. The average Bonchev–Trinajstić information content (AvgIpc) is 2.82. The molecule has 0 saturated carbocycles. The van der Waals surface area contributed by atoms with E-state index in [-0.39, 0.29) is 0 Å². The standard InChI is InChI=1S/C13H15Cl2N3/c1-3-13(2,16)12-17-7-10(18-12)8-5-4-6-9(14)11(8)15/h4-7H,3,16H2,1-2H3,(H,17,18). The molecule has 2 rings (SSSR count). The summed E-state index contributed by atoms with van der Waals surface area (Å²) in [6, 6.07) is 5.50. The maximum atomic E-state index is 6.17. The molecule has 1 aromatic carbocycles. The van der Waals surface area contributed by atoms with Crippen molar-refractivity contribution in [3.05, 3.63) is 40.3 Å². The molecule has 0 aliphatic heterocycles. The zero-order valence-electron chi connectivity index (χ0n) is 10.3. The lowest BCUT2D eigenvalue weighted by molar-refractivity contribution is 0.450. The van der Waals surface area contributed by atoms with Crippen LogP contribution in [0.2, 0.25) is 10.0 Å². The molecule has 0 saturated heterocycles. The topological polar surface area (TPSA) is 54.7 Å². The highest BCUT2D eigenvalue weighted by atomic mass is 35.5. The monoisotopic (exact) mass is 283 g/mol. The predicted octanol–water partition coefficient (Wildman–Crippen LogP) is 3.97. The molecule has 3 nitrogen and oxygen atoms in total. The first-order valence-electron chi connectivity index (χ1n) is 5.74. The maximum Gasteiger partial charge on any atom is 0.126 e. The number of rotatable bonds is 3. The fraction of sp³-hybridized carbons (Fsp3) is 0.308. The normalized spacial score (nSPS) is 14.5. The van der Waals surface area contributed by atoms with Gasteiger partial charge in [-0.15, -0.1) is 0 Å². The van der Waals surface area contributed by atoms with Crippen LogP contribution in [0.4, 0.5) is 0 Å². The van der Waals surface area contributed by atoms with E-state index in [1.54, 1.807) is 12.3 Å². The number of nitrogens with one attached hydrogen (secondary N) is 1. The van der Waals surface area contributed by atoms with Gasteiger partial charge in [0.15, 0.2) is 0 Å². The summed E-state index contributed by atoms with van der Waals surface area (Å²) in [5.74, 6) is 0.746. The Kier molecular flexibility index (Phi) is 3.66. The molecule has 0 radical (unpaired) electrons. The summed E-state index contributed by atoms with van der Waals surface area (Å²) in [4.78, 5) is 7.53. The second kappa shape index (κ2) is 4.92. The zero-order valence-corrected chi connectivity index (χ0v) is 11.8. The summed E-state index contributed by atoms with van der Waals surface area (Å²) in [7, 11) is 0. The summed E-state index contributed by atoms with van der Waals surface area (Å²) < 4.78 is 0. The van der Waals surface area contributed by atoms with E-state index in [1.165, 1.54) is 0 Å². The van der Waals surface area contributed by atoms with Crippen molar-refractivity contribution < 1.29 is 0 Å². The summed E-state index contributed by atoms with van der Waals surface area (Å²) in [5, 5.41) is 1.04. The van der Waals surface area contributed by atoms with Crippen LogP contribution in [0.1, 0.15) is 26.1 Å². The highest BCUT2D eigenvalue weighted by molar-refractivity contribution is 6.43. The van der Waals surface area contributed by atoms with E-state index in [0.717, 1.165) is 23.5 Å². The maximum absolute atomic E-state index is 6.17. The van der Waals surface area contributed by atoms with E-state index in [4.69, 9.17) is 28.9 Å². The fourth-order valence-corrected chi connectivity index (χ4v) is 2.03. The van der Waals surface area contributed by atoms with Gasteiger partial charge in [0.2, 0.25) is 0 Å². The number of aromatic amines is 1. The first-order chi connectivity index (χ1) is 8.45. The van der Waals surface area contributed by atoms with E-state index < -0.39 is 5.54 Å². The van der Waals surface area contributed by atoms with E-state index in [0.29, 0.717) is 10.0 Å². The van der Waals surface area contributed by atoms with Crippen molar-refractivity contribution in [3.63, 3.8) is 0 Å². The van der Waals surface area contributed by atoms with Gasteiger partial charge in [-0.05, 0) is 19.4 Å². The number of hydrogen-bond donors (Lipinski definition) is 2. The zero-order chi connectivity index (χ0) is 13.3. The van der Waals surface area contributed by atoms with Gasteiger partial charge in [-0.3, -0.25) is 0 Å². The molecule has 96 valence electrons. The minimum absolute atomic E-state index is 0.469. The third-order valence-corrected chi connectivity index (χ3v) is 3.91. The van der Waals surface area contributed by atoms with Gasteiger partial charge in [0.05, 0.1) is 27.5 Å². The van der Waals surface area contributed by atoms with Crippen molar-refractivity contribution in [2.45, 2.75) is 25.8 Å². The van der Waals surface area contributed by atoms with Crippen LogP contribution < -0.4 is 5.73 Å². The number of halogens is 2. The third-order valence-electron chi connectivity index (χ3n) is 3.09. The van der Waals surface area contributed by atoms with Crippen molar-refractivity contribution in [2.24, 2.45) is 5.73 Å². The van der Waals surface area contributed by atoms with Crippen LogP contribution in [-0.2, 0) is 5.54 Å². The van der Waals surface area contributed by atoms with Gasteiger partial charge >= 0.3 is 0 Å². The molecule has 0 amide bonds. The molecule has 0 aliphatic rings. The van der Waals surface area contributed by atoms with Crippen LogP contribution in [0, 0.1) is 0 Å².